The SMILES string of the molecule is Cc1cccc(C)c1OCC(=O)NN=Cc1ccc(Br)o1. The number of hydrogen-bond acceptors (Lipinski definition) is 4. The summed E-state index contributed by atoms with van der Waals surface area (Å²) in [6, 6.07) is 9.30. The van der Waals surface area contributed by atoms with Gasteiger partial charge in [-0.2, -0.15) is 5.10 Å². The molecule has 1 aromatic carbocycles. The van der Waals surface area contributed by atoms with Crippen molar-refractivity contribution in [3.63, 3.8) is 0 Å². The lowest BCUT2D eigenvalue weighted by molar-refractivity contribution is -0.123. The van der Waals surface area contributed by atoms with Gasteiger partial charge in [0, 0.05) is 0 Å². The molecule has 6 heteroatoms. The molecule has 0 aliphatic carbocycles. The lowest BCUT2D eigenvalue weighted by Crippen LogP contribution is -2.24. The van der Waals surface area contributed by atoms with Crippen molar-refractivity contribution in [3.8, 4) is 5.75 Å². The highest BCUT2D eigenvalue weighted by Crippen LogP contribution is 2.21. The number of benzene rings is 1. The van der Waals surface area contributed by atoms with E-state index in [2.05, 4.69) is 26.5 Å². The van der Waals surface area contributed by atoms with Crippen molar-refractivity contribution < 1.29 is 13.9 Å². The molecule has 0 aliphatic rings. The summed E-state index contributed by atoms with van der Waals surface area (Å²) in [5.41, 5.74) is 4.36. The van der Waals surface area contributed by atoms with Gasteiger partial charge in [-0.3, -0.25) is 4.79 Å². The summed E-state index contributed by atoms with van der Waals surface area (Å²) in [4.78, 5) is 11.6. The molecule has 1 amide bonds. The van der Waals surface area contributed by atoms with Crippen molar-refractivity contribution in [2.45, 2.75) is 13.8 Å². The summed E-state index contributed by atoms with van der Waals surface area (Å²) in [6.45, 7) is 3.78. The van der Waals surface area contributed by atoms with E-state index in [1.165, 1.54) is 6.21 Å². The Labute approximate surface area is 131 Å². The van der Waals surface area contributed by atoms with Crippen LogP contribution in [0.25, 0.3) is 0 Å². The first-order valence-corrected chi connectivity index (χ1v) is 7.12. The average molecular weight is 351 g/mol. The molecule has 0 bridgehead atoms. The number of hydrazone groups is 1. The number of ether oxygens (including phenoxy) is 1. The van der Waals surface area contributed by atoms with E-state index in [0.29, 0.717) is 10.4 Å². The zero-order valence-electron chi connectivity index (χ0n) is 11.7. The Bertz CT molecular complexity index is 644. The molecule has 1 aromatic heterocycles. The second-order valence-electron chi connectivity index (χ2n) is 4.44. The van der Waals surface area contributed by atoms with Crippen LogP contribution >= 0.6 is 15.9 Å². The number of hydrogen-bond donors (Lipinski definition) is 1. The molecular formula is C15H15BrN2O3. The largest absolute Gasteiger partial charge is 0.483 e. The van der Waals surface area contributed by atoms with Gasteiger partial charge in [-0.1, -0.05) is 18.2 Å². The summed E-state index contributed by atoms with van der Waals surface area (Å²) in [7, 11) is 0. The van der Waals surface area contributed by atoms with Crippen molar-refractivity contribution in [1.29, 1.82) is 0 Å². The molecule has 0 saturated carbocycles. The first-order valence-electron chi connectivity index (χ1n) is 6.32. The maximum absolute atomic E-state index is 11.6. The molecule has 0 spiro atoms. The molecule has 0 radical (unpaired) electrons. The van der Waals surface area contributed by atoms with Crippen molar-refractivity contribution in [3.05, 3.63) is 51.9 Å². The molecule has 0 atom stereocenters. The summed E-state index contributed by atoms with van der Waals surface area (Å²) in [5, 5.41) is 3.79. The standard InChI is InChI=1S/C15H15BrN2O3/c1-10-4-3-5-11(2)15(10)20-9-14(19)18-17-8-12-6-7-13(16)21-12/h3-8H,9H2,1-2H3,(H,18,19). The van der Waals surface area contributed by atoms with Crippen LogP contribution in [0.4, 0.5) is 0 Å². The van der Waals surface area contributed by atoms with E-state index in [1.807, 2.05) is 32.0 Å². The van der Waals surface area contributed by atoms with Crippen LogP contribution in [0.5, 0.6) is 5.75 Å². The number of amides is 1. The van der Waals surface area contributed by atoms with E-state index in [-0.39, 0.29) is 12.5 Å². The van der Waals surface area contributed by atoms with Gasteiger partial charge in [0.1, 0.15) is 11.5 Å². The van der Waals surface area contributed by atoms with Gasteiger partial charge in [0.2, 0.25) is 0 Å². The third kappa shape index (κ3) is 4.46. The van der Waals surface area contributed by atoms with Gasteiger partial charge in [0.25, 0.3) is 5.91 Å². The summed E-state index contributed by atoms with van der Waals surface area (Å²) in [5.74, 6) is 0.934. The van der Waals surface area contributed by atoms with Gasteiger partial charge in [-0.25, -0.2) is 5.43 Å². The molecule has 2 aromatic rings. The Balaban J connectivity index is 1.84. The van der Waals surface area contributed by atoms with Crippen molar-refractivity contribution >= 4 is 28.1 Å². The predicted molar refractivity (Wildman–Crippen MR) is 83.6 cm³/mol. The highest BCUT2D eigenvalue weighted by molar-refractivity contribution is 9.10. The normalized spacial score (nSPS) is 10.8. The minimum Gasteiger partial charge on any atom is -0.483 e. The number of nitrogens with zero attached hydrogens (tertiary/aromatic N) is 1. The molecule has 21 heavy (non-hydrogen) atoms. The van der Waals surface area contributed by atoms with Crippen LogP contribution in [0.1, 0.15) is 16.9 Å². The molecular weight excluding hydrogens is 336 g/mol. The van der Waals surface area contributed by atoms with Crippen molar-refractivity contribution in [1.82, 2.24) is 5.43 Å². The van der Waals surface area contributed by atoms with E-state index in [9.17, 15) is 4.79 Å². The van der Waals surface area contributed by atoms with Crippen molar-refractivity contribution in [2.75, 3.05) is 6.61 Å². The molecule has 0 unspecified atom stereocenters. The van der Waals surface area contributed by atoms with Crippen LogP contribution < -0.4 is 10.2 Å². The van der Waals surface area contributed by atoms with Gasteiger partial charge in [0.15, 0.2) is 11.3 Å². The van der Waals surface area contributed by atoms with Gasteiger partial charge >= 0.3 is 0 Å². The number of para-hydroxylation sites is 1. The minimum absolute atomic E-state index is 0.0924. The van der Waals surface area contributed by atoms with E-state index < -0.39 is 0 Å². The van der Waals surface area contributed by atoms with E-state index in [1.54, 1.807) is 12.1 Å². The maximum atomic E-state index is 11.6. The van der Waals surface area contributed by atoms with Gasteiger partial charge < -0.3 is 9.15 Å². The topological polar surface area (TPSA) is 63.8 Å². The highest BCUT2D eigenvalue weighted by Gasteiger charge is 2.06. The molecule has 1 heterocycles. The molecule has 110 valence electrons. The molecule has 0 saturated heterocycles. The monoisotopic (exact) mass is 350 g/mol. The smallest absolute Gasteiger partial charge is 0.277 e. The van der Waals surface area contributed by atoms with Crippen LogP contribution in [-0.4, -0.2) is 18.7 Å². The lowest BCUT2D eigenvalue weighted by Gasteiger charge is -2.10. The molecule has 2 rings (SSSR count). The third-order valence-electron chi connectivity index (χ3n) is 2.73. The zero-order chi connectivity index (χ0) is 15.2. The Morgan fingerprint density at radius 2 is 2.05 bits per heavy atom. The highest BCUT2D eigenvalue weighted by atomic mass is 79.9. The number of aryl methyl sites for hydroxylation is 2. The summed E-state index contributed by atoms with van der Waals surface area (Å²) < 4.78 is 11.3. The van der Waals surface area contributed by atoms with E-state index >= 15 is 0 Å². The minimum atomic E-state index is -0.334. The number of furan rings is 1. The van der Waals surface area contributed by atoms with Crippen molar-refractivity contribution in [2.24, 2.45) is 5.10 Å². The Hall–Kier alpha value is -2.08. The first-order chi connectivity index (χ1) is 10.1. The summed E-state index contributed by atoms with van der Waals surface area (Å²) in [6.07, 6.45) is 1.42. The second-order valence-corrected chi connectivity index (χ2v) is 5.23. The van der Waals surface area contributed by atoms with E-state index in [4.69, 9.17) is 9.15 Å². The number of halogens is 1. The Kier molecular flexibility index (Phi) is 5.16. The molecule has 0 aliphatic heterocycles. The van der Waals surface area contributed by atoms with Crippen LogP contribution in [0.15, 0.2) is 44.5 Å². The predicted octanol–water partition coefficient (Wildman–Crippen LogP) is 3.19. The molecule has 5 nitrogen and oxygen atoms in total. The fourth-order valence-electron chi connectivity index (χ4n) is 1.76. The number of nitrogens with one attached hydrogen (secondary N) is 1. The molecule has 1 N–H and O–H groups in total. The fraction of sp³-hybridized carbons (Fsp3) is 0.200. The van der Waals surface area contributed by atoms with Crippen LogP contribution in [0.2, 0.25) is 0 Å². The zero-order valence-corrected chi connectivity index (χ0v) is 13.3. The molecule has 0 fully saturated rings. The van der Waals surface area contributed by atoms with Crippen LogP contribution in [0.3, 0.4) is 0 Å². The Morgan fingerprint density at radius 3 is 2.67 bits per heavy atom. The van der Waals surface area contributed by atoms with Gasteiger partial charge in [0.05, 0.1) is 6.21 Å². The van der Waals surface area contributed by atoms with E-state index in [0.717, 1.165) is 16.9 Å². The van der Waals surface area contributed by atoms with Gasteiger partial charge in [-0.05, 0) is 53.0 Å². The Morgan fingerprint density at radius 1 is 1.33 bits per heavy atom. The number of rotatable bonds is 5. The quantitative estimate of drug-likeness (QED) is 0.665. The maximum Gasteiger partial charge on any atom is 0.277 e. The fourth-order valence-corrected chi connectivity index (χ4v) is 2.08. The number of carbonyl (C=O) groups is 1. The summed E-state index contributed by atoms with van der Waals surface area (Å²) >= 11 is 3.18. The second kappa shape index (κ2) is 7.08. The van der Waals surface area contributed by atoms with Crippen LogP contribution in [0, 0.1) is 13.8 Å². The number of carbonyl (C=O) groups excluding carboxylic acids is 1. The van der Waals surface area contributed by atoms with Crippen LogP contribution in [-0.2, 0) is 4.79 Å². The lowest BCUT2D eigenvalue weighted by atomic mass is 10.1. The average Bonchev–Trinajstić information content (AvgIpc) is 2.84. The first kappa shape index (κ1) is 15.3. The van der Waals surface area contributed by atoms with Gasteiger partial charge in [-0.15, -0.1) is 0 Å². The third-order valence-corrected chi connectivity index (χ3v) is 3.16.